The lowest BCUT2D eigenvalue weighted by Gasteiger charge is -2.13. The number of non-ortho nitro benzene ring substituents is 1. The Bertz CT molecular complexity index is 1040. The van der Waals surface area contributed by atoms with Gasteiger partial charge in [-0.05, 0) is 18.2 Å². The molecule has 0 bridgehead atoms. The zero-order chi connectivity index (χ0) is 23.6. The summed E-state index contributed by atoms with van der Waals surface area (Å²) >= 11 is 0. The van der Waals surface area contributed by atoms with Crippen LogP contribution in [0.4, 0.5) is 11.4 Å². The molecule has 6 N–H and O–H groups in total. The van der Waals surface area contributed by atoms with Gasteiger partial charge in [0.15, 0.2) is 0 Å². The van der Waals surface area contributed by atoms with E-state index in [4.69, 9.17) is 11.6 Å². The number of benzene rings is 2. The van der Waals surface area contributed by atoms with Crippen LogP contribution in [0.15, 0.2) is 59.6 Å². The maximum absolute atomic E-state index is 12.3. The molecule has 0 fully saturated rings. The quantitative estimate of drug-likeness (QED) is 0.266. The second-order valence-electron chi connectivity index (χ2n) is 5.92. The monoisotopic (exact) mass is 450 g/mol. The molecule has 1 amide bonds. The number of nitrogens with two attached hydrogens (primary N) is 2. The fourth-order valence-electron chi connectivity index (χ4n) is 2.32. The van der Waals surface area contributed by atoms with Crippen LogP contribution in [0.25, 0.3) is 5.70 Å². The van der Waals surface area contributed by atoms with E-state index in [2.05, 4.69) is 10.0 Å². The second-order valence-corrected chi connectivity index (χ2v) is 7.69. The molecule has 0 aliphatic carbocycles. The van der Waals surface area contributed by atoms with Crippen molar-refractivity contribution in [2.75, 3.05) is 18.9 Å². The van der Waals surface area contributed by atoms with Crippen molar-refractivity contribution in [2.45, 2.75) is 18.7 Å². The summed E-state index contributed by atoms with van der Waals surface area (Å²) in [6, 6.07) is 11.0. The van der Waals surface area contributed by atoms with Crippen molar-refractivity contribution in [3.63, 3.8) is 0 Å². The number of hydrogen-bond acceptors (Lipinski definition) is 8. The number of sulfonamides is 1. The lowest BCUT2D eigenvalue weighted by atomic mass is 10.1. The lowest BCUT2D eigenvalue weighted by molar-refractivity contribution is -0.384. The summed E-state index contributed by atoms with van der Waals surface area (Å²) < 4.78 is 26.7. The number of nitro groups is 1. The van der Waals surface area contributed by atoms with Crippen molar-refractivity contribution in [1.29, 1.82) is 0 Å². The molecule has 31 heavy (non-hydrogen) atoms. The highest BCUT2D eigenvalue weighted by molar-refractivity contribution is 7.89. The number of anilines is 1. The number of rotatable bonds is 8. The Morgan fingerprint density at radius 3 is 2.29 bits per heavy atom. The van der Waals surface area contributed by atoms with E-state index in [1.54, 1.807) is 31.3 Å². The molecule has 0 aliphatic rings. The molecule has 0 saturated carbocycles. The summed E-state index contributed by atoms with van der Waals surface area (Å²) in [5.74, 6) is 4.91. The topological polar surface area (TPSA) is 174 Å². The van der Waals surface area contributed by atoms with Gasteiger partial charge in [0.25, 0.3) is 5.69 Å². The Labute approximate surface area is 180 Å². The molecule has 0 atom stereocenters. The van der Waals surface area contributed by atoms with E-state index in [-0.39, 0.29) is 10.6 Å². The molecule has 0 spiro atoms. The molecule has 0 radical (unpaired) electrons. The maximum Gasteiger partial charge on any atom is 0.269 e. The molecule has 2 aromatic rings. The number of hydrazine groups is 1. The number of nitro benzene ring substituents is 1. The molecule has 12 heteroatoms. The van der Waals surface area contributed by atoms with Gasteiger partial charge in [0, 0.05) is 30.9 Å². The van der Waals surface area contributed by atoms with Gasteiger partial charge in [-0.1, -0.05) is 32.0 Å². The van der Waals surface area contributed by atoms with Crippen LogP contribution in [-0.4, -0.2) is 37.8 Å². The van der Waals surface area contributed by atoms with Crippen molar-refractivity contribution >= 4 is 33.0 Å². The van der Waals surface area contributed by atoms with E-state index >= 15 is 0 Å². The van der Waals surface area contributed by atoms with Gasteiger partial charge in [-0.2, -0.15) is 0 Å². The van der Waals surface area contributed by atoms with Gasteiger partial charge in [-0.25, -0.2) is 19.0 Å². The van der Waals surface area contributed by atoms with E-state index in [9.17, 15) is 23.3 Å². The molecule has 0 saturated heterocycles. The second kappa shape index (κ2) is 11.6. The molecule has 0 unspecified atom stereocenters. The molecule has 0 heterocycles. The number of para-hydroxylation sites is 1. The SMILES string of the molecule is CC.CN(N)/C=C(\N)c1ccccc1NC(=O)CNS(=O)(=O)c1ccc([N+](=O)[O-])cc1. The fraction of sp³-hybridized carbons (Fsp3) is 0.211. The molecule has 168 valence electrons. The highest BCUT2D eigenvalue weighted by Crippen LogP contribution is 2.20. The first kappa shape index (κ1) is 25.6. The van der Waals surface area contributed by atoms with Crippen LogP contribution >= 0.6 is 0 Å². The van der Waals surface area contributed by atoms with Crippen molar-refractivity contribution in [1.82, 2.24) is 9.73 Å². The average molecular weight is 451 g/mol. The minimum absolute atomic E-state index is 0.200. The summed E-state index contributed by atoms with van der Waals surface area (Å²) in [6.07, 6.45) is 1.46. The van der Waals surface area contributed by atoms with Gasteiger partial charge in [0.05, 0.1) is 27.7 Å². The third kappa shape index (κ3) is 7.70. The molecule has 11 nitrogen and oxygen atoms in total. The summed E-state index contributed by atoms with van der Waals surface area (Å²) in [4.78, 5) is 22.0. The molecular formula is C19H26N6O5S. The number of nitrogens with one attached hydrogen (secondary N) is 2. The summed E-state index contributed by atoms with van der Waals surface area (Å²) in [5, 5.41) is 14.5. The van der Waals surface area contributed by atoms with Crippen LogP contribution in [0.3, 0.4) is 0 Å². The zero-order valence-electron chi connectivity index (χ0n) is 17.4. The Hall–Kier alpha value is -3.48. The predicted molar refractivity (Wildman–Crippen MR) is 119 cm³/mol. The minimum atomic E-state index is -4.03. The van der Waals surface area contributed by atoms with Crippen molar-refractivity contribution < 1.29 is 18.1 Å². The van der Waals surface area contributed by atoms with Crippen LogP contribution in [-0.2, 0) is 14.8 Å². The number of hydrogen-bond donors (Lipinski definition) is 4. The van der Waals surface area contributed by atoms with E-state index < -0.39 is 27.4 Å². The average Bonchev–Trinajstić information content (AvgIpc) is 2.74. The van der Waals surface area contributed by atoms with Crippen molar-refractivity contribution in [3.05, 3.63) is 70.4 Å². The Morgan fingerprint density at radius 2 is 1.74 bits per heavy atom. The zero-order valence-corrected chi connectivity index (χ0v) is 18.2. The van der Waals surface area contributed by atoms with Crippen LogP contribution in [0.1, 0.15) is 19.4 Å². The first-order valence-corrected chi connectivity index (χ1v) is 10.7. The Kier molecular flexibility index (Phi) is 9.60. The normalized spacial score (nSPS) is 11.2. The van der Waals surface area contributed by atoms with Gasteiger partial charge in [0.1, 0.15) is 0 Å². The summed E-state index contributed by atoms with van der Waals surface area (Å²) in [5.41, 5.74) is 6.90. The van der Waals surface area contributed by atoms with Gasteiger partial charge >= 0.3 is 0 Å². The minimum Gasteiger partial charge on any atom is -0.397 e. The largest absolute Gasteiger partial charge is 0.397 e. The van der Waals surface area contributed by atoms with Gasteiger partial charge in [-0.3, -0.25) is 14.9 Å². The number of nitrogens with zero attached hydrogens (tertiary/aromatic N) is 2. The first-order chi connectivity index (χ1) is 14.6. The molecule has 0 aromatic heterocycles. The van der Waals surface area contributed by atoms with Crippen LogP contribution < -0.4 is 21.6 Å². The Morgan fingerprint density at radius 1 is 1.16 bits per heavy atom. The molecule has 0 aliphatic heterocycles. The fourth-order valence-corrected chi connectivity index (χ4v) is 3.30. The van der Waals surface area contributed by atoms with Gasteiger partial charge < -0.3 is 16.1 Å². The summed E-state index contributed by atoms with van der Waals surface area (Å²) in [7, 11) is -2.44. The lowest BCUT2D eigenvalue weighted by Crippen LogP contribution is -2.33. The first-order valence-electron chi connectivity index (χ1n) is 9.18. The highest BCUT2D eigenvalue weighted by atomic mass is 32.2. The smallest absolute Gasteiger partial charge is 0.269 e. The predicted octanol–water partition coefficient (Wildman–Crippen LogP) is 1.60. The van der Waals surface area contributed by atoms with E-state index in [0.29, 0.717) is 16.9 Å². The standard InChI is InChI=1S/C17H20N6O5S.C2H6/c1-22(19)11-15(18)14-4-2-3-5-16(14)21-17(24)10-20-29(27,28)13-8-6-12(7-9-13)23(25)26;1-2/h2-9,11,20H,10,18-19H2,1H3,(H,21,24);1-2H3/b15-11-;. The third-order valence-electron chi connectivity index (χ3n) is 3.64. The maximum atomic E-state index is 12.3. The van der Waals surface area contributed by atoms with E-state index in [1.807, 2.05) is 13.8 Å². The van der Waals surface area contributed by atoms with Crippen LogP contribution in [0, 0.1) is 10.1 Å². The van der Waals surface area contributed by atoms with Crippen molar-refractivity contribution in [2.24, 2.45) is 11.6 Å². The number of carbonyl (C=O) groups excluding carboxylic acids is 1. The highest BCUT2D eigenvalue weighted by Gasteiger charge is 2.17. The third-order valence-corrected chi connectivity index (χ3v) is 5.05. The van der Waals surface area contributed by atoms with Gasteiger partial charge in [-0.15, -0.1) is 0 Å². The van der Waals surface area contributed by atoms with Crippen molar-refractivity contribution in [3.8, 4) is 0 Å². The van der Waals surface area contributed by atoms with Crippen LogP contribution in [0.5, 0.6) is 0 Å². The molecular weight excluding hydrogens is 424 g/mol. The Balaban J connectivity index is 0.00000233. The number of amides is 1. The van der Waals surface area contributed by atoms with Crippen LogP contribution in [0.2, 0.25) is 0 Å². The van der Waals surface area contributed by atoms with E-state index in [1.165, 1.54) is 11.2 Å². The molecule has 2 aromatic carbocycles. The molecule has 2 rings (SSSR count). The van der Waals surface area contributed by atoms with Gasteiger partial charge in [0.2, 0.25) is 15.9 Å². The van der Waals surface area contributed by atoms with E-state index in [0.717, 1.165) is 24.3 Å². The summed E-state index contributed by atoms with van der Waals surface area (Å²) in [6.45, 7) is 3.45. The number of carbonyl (C=O) groups is 1.